The number of rotatable bonds is 5. The van der Waals surface area contributed by atoms with Crippen molar-refractivity contribution >= 4 is 10.0 Å². The maximum atomic E-state index is 12.2. The van der Waals surface area contributed by atoms with Crippen LogP contribution >= 0.6 is 0 Å². The third-order valence-corrected chi connectivity index (χ3v) is 4.22. The Bertz CT molecular complexity index is 535. The molecule has 18 heavy (non-hydrogen) atoms. The van der Waals surface area contributed by atoms with E-state index in [9.17, 15) is 8.42 Å². The monoisotopic (exact) mass is 270 g/mol. The quantitative estimate of drug-likeness (QED) is 0.841. The maximum absolute atomic E-state index is 12.2. The van der Waals surface area contributed by atoms with Crippen molar-refractivity contribution in [3.63, 3.8) is 0 Å². The summed E-state index contributed by atoms with van der Waals surface area (Å²) in [5.41, 5.74) is 0.877. The number of nitriles is 1. The number of sulfonamides is 1. The SMILES string of the molecule is Cc1n[nH]c(C)c1S(=O)(=O)NC(C#N)CC(C)C. The van der Waals surface area contributed by atoms with Crippen molar-refractivity contribution in [1.29, 1.82) is 5.26 Å². The first kappa shape index (κ1) is 14.7. The first-order valence-corrected chi connectivity index (χ1v) is 7.19. The standard InChI is InChI=1S/C11H18N4O2S/c1-7(2)5-10(6-12)15-18(16,17)11-8(3)13-14-9(11)4/h7,10,15H,5H2,1-4H3,(H,13,14). The van der Waals surface area contributed by atoms with Gasteiger partial charge in [-0.2, -0.15) is 15.1 Å². The maximum Gasteiger partial charge on any atom is 0.245 e. The van der Waals surface area contributed by atoms with Crippen molar-refractivity contribution < 1.29 is 8.42 Å². The van der Waals surface area contributed by atoms with Crippen molar-refractivity contribution in [2.45, 2.75) is 45.1 Å². The minimum atomic E-state index is -3.70. The van der Waals surface area contributed by atoms with Gasteiger partial charge in [-0.05, 0) is 26.2 Å². The van der Waals surface area contributed by atoms with E-state index >= 15 is 0 Å². The molecule has 0 radical (unpaired) electrons. The van der Waals surface area contributed by atoms with E-state index in [2.05, 4.69) is 14.9 Å². The molecule has 0 bridgehead atoms. The third-order valence-electron chi connectivity index (χ3n) is 2.49. The van der Waals surface area contributed by atoms with Crippen LogP contribution in [0.3, 0.4) is 0 Å². The van der Waals surface area contributed by atoms with Gasteiger partial charge in [0.1, 0.15) is 10.9 Å². The normalized spacial score (nSPS) is 13.6. The summed E-state index contributed by atoms with van der Waals surface area (Å²) in [5, 5.41) is 15.4. The first-order valence-electron chi connectivity index (χ1n) is 5.71. The predicted octanol–water partition coefficient (Wildman–Crippen LogP) is 1.24. The molecule has 1 heterocycles. The zero-order valence-electron chi connectivity index (χ0n) is 11.0. The molecule has 1 aromatic rings. The van der Waals surface area contributed by atoms with Gasteiger partial charge in [-0.3, -0.25) is 5.10 Å². The van der Waals surface area contributed by atoms with Crippen LogP contribution in [-0.2, 0) is 10.0 Å². The highest BCUT2D eigenvalue weighted by molar-refractivity contribution is 7.89. The lowest BCUT2D eigenvalue weighted by Gasteiger charge is -2.14. The van der Waals surface area contributed by atoms with E-state index in [0.29, 0.717) is 17.8 Å². The van der Waals surface area contributed by atoms with Gasteiger partial charge in [0.05, 0.1) is 17.5 Å². The largest absolute Gasteiger partial charge is 0.281 e. The Hall–Kier alpha value is -1.39. The number of nitrogens with one attached hydrogen (secondary N) is 2. The molecule has 2 N–H and O–H groups in total. The molecule has 1 atom stereocenters. The molecule has 0 saturated carbocycles. The van der Waals surface area contributed by atoms with E-state index in [1.165, 1.54) is 0 Å². The van der Waals surface area contributed by atoms with Crippen molar-refractivity contribution in [3.05, 3.63) is 11.4 Å². The molecule has 0 aliphatic heterocycles. The average molecular weight is 270 g/mol. The molecule has 0 spiro atoms. The molecular weight excluding hydrogens is 252 g/mol. The predicted molar refractivity (Wildman–Crippen MR) is 67.2 cm³/mol. The van der Waals surface area contributed by atoms with Gasteiger partial charge in [-0.1, -0.05) is 13.8 Å². The molecule has 1 unspecified atom stereocenters. The summed E-state index contributed by atoms with van der Waals surface area (Å²) in [6.07, 6.45) is 0.478. The smallest absolute Gasteiger partial charge is 0.245 e. The number of nitrogens with zero attached hydrogens (tertiary/aromatic N) is 2. The van der Waals surface area contributed by atoms with Crippen LogP contribution in [-0.4, -0.2) is 24.7 Å². The van der Waals surface area contributed by atoms with Crippen LogP contribution in [0.5, 0.6) is 0 Å². The number of aromatic amines is 1. The molecule has 0 aliphatic carbocycles. The van der Waals surface area contributed by atoms with E-state index in [0.717, 1.165) is 0 Å². The van der Waals surface area contributed by atoms with Crippen molar-refractivity contribution in [3.8, 4) is 6.07 Å². The van der Waals surface area contributed by atoms with Gasteiger partial charge in [0.15, 0.2) is 0 Å². The second-order valence-electron chi connectivity index (χ2n) is 4.70. The lowest BCUT2D eigenvalue weighted by molar-refractivity contribution is 0.512. The van der Waals surface area contributed by atoms with E-state index in [4.69, 9.17) is 5.26 Å². The number of aromatic nitrogens is 2. The van der Waals surface area contributed by atoms with Gasteiger partial charge in [0.2, 0.25) is 10.0 Å². The van der Waals surface area contributed by atoms with E-state index in [1.54, 1.807) is 13.8 Å². The molecule has 100 valence electrons. The van der Waals surface area contributed by atoms with Crippen LogP contribution in [0, 0.1) is 31.1 Å². The Morgan fingerprint density at radius 1 is 1.44 bits per heavy atom. The zero-order valence-corrected chi connectivity index (χ0v) is 11.8. The summed E-state index contributed by atoms with van der Waals surface area (Å²) >= 11 is 0. The van der Waals surface area contributed by atoms with Gasteiger partial charge >= 0.3 is 0 Å². The van der Waals surface area contributed by atoms with Crippen molar-refractivity contribution in [2.24, 2.45) is 5.92 Å². The summed E-state index contributed by atoms with van der Waals surface area (Å²) in [5.74, 6) is 0.240. The first-order chi connectivity index (χ1) is 8.27. The fraction of sp³-hybridized carbons (Fsp3) is 0.636. The highest BCUT2D eigenvalue weighted by atomic mass is 32.2. The second-order valence-corrected chi connectivity index (χ2v) is 6.35. The molecule has 0 aromatic carbocycles. The van der Waals surface area contributed by atoms with Crippen LogP contribution in [0.15, 0.2) is 4.90 Å². The Morgan fingerprint density at radius 3 is 2.44 bits per heavy atom. The summed E-state index contributed by atoms with van der Waals surface area (Å²) in [7, 11) is -3.70. The Morgan fingerprint density at radius 2 is 2.06 bits per heavy atom. The third kappa shape index (κ3) is 3.31. The second kappa shape index (κ2) is 5.50. The summed E-state index contributed by atoms with van der Waals surface area (Å²) in [4.78, 5) is 0.131. The van der Waals surface area contributed by atoms with Crippen molar-refractivity contribution in [1.82, 2.24) is 14.9 Å². The number of hydrogen-bond donors (Lipinski definition) is 2. The van der Waals surface area contributed by atoms with Gasteiger partial charge in [0, 0.05) is 0 Å². The number of aryl methyl sites for hydroxylation is 2. The molecule has 7 heteroatoms. The lowest BCUT2D eigenvalue weighted by Crippen LogP contribution is -2.35. The molecule has 0 fully saturated rings. The fourth-order valence-electron chi connectivity index (χ4n) is 1.78. The molecule has 0 amide bonds. The van der Waals surface area contributed by atoms with Gasteiger partial charge in [-0.25, -0.2) is 8.42 Å². The Balaban J connectivity index is 2.99. The fourth-order valence-corrected chi connectivity index (χ4v) is 3.31. The highest BCUT2D eigenvalue weighted by Gasteiger charge is 2.25. The molecule has 0 aliphatic rings. The topological polar surface area (TPSA) is 98.6 Å². The minimum Gasteiger partial charge on any atom is -0.281 e. The molecular formula is C11H18N4O2S. The van der Waals surface area contributed by atoms with Gasteiger partial charge in [-0.15, -0.1) is 0 Å². The number of H-pyrrole nitrogens is 1. The van der Waals surface area contributed by atoms with Crippen LogP contribution in [0.4, 0.5) is 0 Å². The summed E-state index contributed by atoms with van der Waals surface area (Å²) < 4.78 is 26.7. The lowest BCUT2D eigenvalue weighted by atomic mass is 10.1. The summed E-state index contributed by atoms with van der Waals surface area (Å²) in [6.45, 7) is 7.13. The highest BCUT2D eigenvalue weighted by Crippen LogP contribution is 2.17. The zero-order chi connectivity index (χ0) is 13.9. The van der Waals surface area contributed by atoms with Crippen molar-refractivity contribution in [2.75, 3.05) is 0 Å². The molecule has 0 saturated heterocycles. The van der Waals surface area contributed by atoms with Gasteiger partial charge in [0.25, 0.3) is 0 Å². The Labute approximate surface area is 107 Å². The van der Waals surface area contributed by atoms with Crippen LogP contribution in [0.1, 0.15) is 31.7 Å². The molecule has 1 rings (SSSR count). The van der Waals surface area contributed by atoms with E-state index in [1.807, 2.05) is 19.9 Å². The number of hydrogen-bond acceptors (Lipinski definition) is 4. The van der Waals surface area contributed by atoms with E-state index < -0.39 is 16.1 Å². The Kier molecular flexibility index (Phi) is 4.48. The van der Waals surface area contributed by atoms with Gasteiger partial charge < -0.3 is 0 Å². The summed E-state index contributed by atoms with van der Waals surface area (Å²) in [6, 6.07) is 1.25. The van der Waals surface area contributed by atoms with E-state index in [-0.39, 0.29) is 10.8 Å². The molecule has 1 aromatic heterocycles. The van der Waals surface area contributed by atoms with Crippen LogP contribution < -0.4 is 4.72 Å². The average Bonchev–Trinajstić information content (AvgIpc) is 2.56. The van der Waals surface area contributed by atoms with Crippen LogP contribution in [0.25, 0.3) is 0 Å². The van der Waals surface area contributed by atoms with Crippen LogP contribution in [0.2, 0.25) is 0 Å². The minimum absolute atomic E-state index is 0.131. The molecule has 6 nitrogen and oxygen atoms in total.